The second-order valence-corrected chi connectivity index (χ2v) is 6.25. The van der Waals surface area contributed by atoms with E-state index in [4.69, 9.17) is 5.11 Å². The SMILES string of the molecule is O=C(O)CCCCCNC(=O)c1cc2sccc2s1. The fourth-order valence-electron chi connectivity index (χ4n) is 1.74. The van der Waals surface area contributed by atoms with Gasteiger partial charge in [0, 0.05) is 22.4 Å². The maximum absolute atomic E-state index is 11.9. The van der Waals surface area contributed by atoms with Gasteiger partial charge in [-0.2, -0.15) is 0 Å². The zero-order valence-electron chi connectivity index (χ0n) is 10.3. The summed E-state index contributed by atoms with van der Waals surface area (Å²) in [5, 5.41) is 13.4. The second-order valence-electron chi connectivity index (χ2n) is 4.22. The monoisotopic (exact) mass is 297 g/mol. The largest absolute Gasteiger partial charge is 0.481 e. The summed E-state index contributed by atoms with van der Waals surface area (Å²) in [5.74, 6) is -0.797. The van der Waals surface area contributed by atoms with Crippen LogP contribution in [0.2, 0.25) is 0 Å². The molecule has 2 aromatic heterocycles. The van der Waals surface area contributed by atoms with Crippen LogP contribution in [0.3, 0.4) is 0 Å². The predicted molar refractivity (Wildman–Crippen MR) is 78.1 cm³/mol. The molecule has 6 heteroatoms. The number of carboxylic acid groups (broad SMARTS) is 1. The summed E-state index contributed by atoms with van der Waals surface area (Å²) in [7, 11) is 0. The molecule has 4 nitrogen and oxygen atoms in total. The Kier molecular flexibility index (Phi) is 4.93. The van der Waals surface area contributed by atoms with Gasteiger partial charge in [-0.05, 0) is 30.4 Å². The third-order valence-electron chi connectivity index (χ3n) is 2.72. The highest BCUT2D eigenvalue weighted by atomic mass is 32.1. The first kappa shape index (κ1) is 14.0. The lowest BCUT2D eigenvalue weighted by atomic mass is 10.2. The van der Waals surface area contributed by atoms with Crippen LogP contribution in [-0.2, 0) is 4.79 Å². The molecule has 0 radical (unpaired) electrons. The summed E-state index contributed by atoms with van der Waals surface area (Å²) >= 11 is 3.14. The third kappa shape index (κ3) is 4.04. The number of hydrogen-bond acceptors (Lipinski definition) is 4. The molecule has 2 heterocycles. The van der Waals surface area contributed by atoms with Crippen LogP contribution >= 0.6 is 22.7 Å². The van der Waals surface area contributed by atoms with Crippen LogP contribution in [0.4, 0.5) is 0 Å². The molecule has 0 aromatic carbocycles. The average molecular weight is 297 g/mol. The van der Waals surface area contributed by atoms with E-state index in [1.54, 1.807) is 11.3 Å². The summed E-state index contributed by atoms with van der Waals surface area (Å²) in [6.07, 6.45) is 2.51. The van der Waals surface area contributed by atoms with E-state index in [-0.39, 0.29) is 12.3 Å². The van der Waals surface area contributed by atoms with Crippen LogP contribution in [0.5, 0.6) is 0 Å². The number of carboxylic acids is 1. The van der Waals surface area contributed by atoms with E-state index in [0.717, 1.165) is 27.1 Å². The van der Waals surface area contributed by atoms with Gasteiger partial charge in [-0.25, -0.2) is 0 Å². The van der Waals surface area contributed by atoms with Gasteiger partial charge >= 0.3 is 5.97 Å². The molecular weight excluding hydrogens is 282 g/mol. The lowest BCUT2D eigenvalue weighted by Crippen LogP contribution is -2.23. The lowest BCUT2D eigenvalue weighted by molar-refractivity contribution is -0.137. The van der Waals surface area contributed by atoms with Gasteiger partial charge in [-0.3, -0.25) is 9.59 Å². The van der Waals surface area contributed by atoms with Gasteiger partial charge in [0.2, 0.25) is 0 Å². The molecular formula is C13H15NO3S2. The number of carbonyl (C=O) groups excluding carboxylic acids is 1. The number of carbonyl (C=O) groups is 2. The second kappa shape index (κ2) is 6.68. The van der Waals surface area contributed by atoms with Crippen molar-refractivity contribution in [3.05, 3.63) is 22.4 Å². The molecule has 19 heavy (non-hydrogen) atoms. The Balaban J connectivity index is 1.70. The Bertz CT molecular complexity index is 545. The molecule has 0 aliphatic carbocycles. The molecule has 0 aliphatic rings. The molecule has 2 N–H and O–H groups in total. The summed E-state index contributed by atoms with van der Waals surface area (Å²) in [6.45, 7) is 0.601. The number of aliphatic carboxylic acids is 1. The normalized spacial score (nSPS) is 10.7. The topological polar surface area (TPSA) is 66.4 Å². The number of nitrogens with one attached hydrogen (secondary N) is 1. The van der Waals surface area contributed by atoms with E-state index in [9.17, 15) is 9.59 Å². The highest BCUT2D eigenvalue weighted by Gasteiger charge is 2.10. The van der Waals surface area contributed by atoms with Gasteiger partial charge in [-0.15, -0.1) is 22.7 Å². The Hall–Kier alpha value is -1.40. The van der Waals surface area contributed by atoms with Crippen LogP contribution in [0.25, 0.3) is 9.40 Å². The summed E-state index contributed by atoms with van der Waals surface area (Å²) in [4.78, 5) is 22.9. The molecule has 0 bridgehead atoms. The molecule has 0 saturated carbocycles. The lowest BCUT2D eigenvalue weighted by Gasteiger charge is -2.02. The van der Waals surface area contributed by atoms with Crippen LogP contribution in [0.1, 0.15) is 35.4 Å². The Morgan fingerprint density at radius 2 is 2.05 bits per heavy atom. The molecule has 0 atom stereocenters. The maximum Gasteiger partial charge on any atom is 0.303 e. The Morgan fingerprint density at radius 1 is 1.21 bits per heavy atom. The average Bonchev–Trinajstić information content (AvgIpc) is 2.93. The van der Waals surface area contributed by atoms with Crippen molar-refractivity contribution in [1.29, 1.82) is 0 Å². The molecule has 0 unspecified atom stereocenters. The van der Waals surface area contributed by atoms with Crippen molar-refractivity contribution in [2.45, 2.75) is 25.7 Å². The molecule has 2 rings (SSSR count). The van der Waals surface area contributed by atoms with Crippen molar-refractivity contribution in [1.82, 2.24) is 5.32 Å². The van der Waals surface area contributed by atoms with Gasteiger partial charge < -0.3 is 10.4 Å². The van der Waals surface area contributed by atoms with Gasteiger partial charge in [0.25, 0.3) is 5.91 Å². The highest BCUT2D eigenvalue weighted by Crippen LogP contribution is 2.29. The zero-order chi connectivity index (χ0) is 13.7. The molecule has 1 amide bonds. The molecule has 0 saturated heterocycles. The number of rotatable bonds is 7. The summed E-state index contributed by atoms with van der Waals surface area (Å²) < 4.78 is 2.30. The van der Waals surface area contributed by atoms with E-state index in [0.29, 0.717) is 13.0 Å². The minimum atomic E-state index is -0.761. The van der Waals surface area contributed by atoms with Crippen molar-refractivity contribution in [2.24, 2.45) is 0 Å². The minimum absolute atomic E-state index is 0.0355. The number of fused-ring (bicyclic) bond motifs is 1. The fourth-order valence-corrected chi connectivity index (χ4v) is 3.77. The summed E-state index contributed by atoms with van der Waals surface area (Å²) in [5.41, 5.74) is 0. The first-order valence-electron chi connectivity index (χ1n) is 6.14. The highest BCUT2D eigenvalue weighted by molar-refractivity contribution is 7.27. The van der Waals surface area contributed by atoms with Crippen LogP contribution in [0.15, 0.2) is 17.5 Å². The van der Waals surface area contributed by atoms with E-state index in [2.05, 4.69) is 5.32 Å². The standard InChI is InChI=1S/C13H15NO3S2/c15-12(16)4-2-1-3-6-14-13(17)11-8-10-9(19-11)5-7-18-10/h5,7-8H,1-4,6H2,(H,14,17)(H,15,16). The smallest absolute Gasteiger partial charge is 0.303 e. The molecule has 2 aromatic rings. The van der Waals surface area contributed by atoms with E-state index < -0.39 is 5.97 Å². The molecule has 0 spiro atoms. The number of amides is 1. The zero-order valence-corrected chi connectivity index (χ0v) is 12.0. The third-order valence-corrected chi connectivity index (χ3v) is 4.81. The van der Waals surface area contributed by atoms with Crippen LogP contribution in [-0.4, -0.2) is 23.5 Å². The van der Waals surface area contributed by atoms with Gasteiger partial charge in [0.1, 0.15) is 0 Å². The van der Waals surface area contributed by atoms with Crippen LogP contribution < -0.4 is 5.32 Å². The van der Waals surface area contributed by atoms with Crippen molar-refractivity contribution < 1.29 is 14.7 Å². The van der Waals surface area contributed by atoms with E-state index in [1.165, 1.54) is 11.3 Å². The maximum atomic E-state index is 11.9. The van der Waals surface area contributed by atoms with Gasteiger partial charge in [0.05, 0.1) is 4.88 Å². The quantitative estimate of drug-likeness (QED) is 0.770. The summed E-state index contributed by atoms with van der Waals surface area (Å²) in [6, 6.07) is 3.94. The van der Waals surface area contributed by atoms with Gasteiger partial charge in [-0.1, -0.05) is 6.42 Å². The number of hydrogen-bond donors (Lipinski definition) is 2. The minimum Gasteiger partial charge on any atom is -0.481 e. The Labute approximate surface area is 119 Å². The van der Waals surface area contributed by atoms with E-state index in [1.807, 2.05) is 17.5 Å². The first-order valence-corrected chi connectivity index (χ1v) is 7.83. The molecule has 102 valence electrons. The molecule has 0 fully saturated rings. The van der Waals surface area contributed by atoms with E-state index >= 15 is 0 Å². The molecule has 0 aliphatic heterocycles. The predicted octanol–water partition coefficient (Wildman–Crippen LogP) is 3.34. The van der Waals surface area contributed by atoms with Crippen molar-refractivity contribution in [3.63, 3.8) is 0 Å². The van der Waals surface area contributed by atoms with Crippen molar-refractivity contribution in [3.8, 4) is 0 Å². The first-order chi connectivity index (χ1) is 9.16. The van der Waals surface area contributed by atoms with Crippen LogP contribution in [0, 0.1) is 0 Å². The van der Waals surface area contributed by atoms with Crippen molar-refractivity contribution >= 4 is 43.9 Å². The van der Waals surface area contributed by atoms with Crippen molar-refractivity contribution in [2.75, 3.05) is 6.54 Å². The number of unbranched alkanes of at least 4 members (excludes halogenated alkanes) is 2. The fraction of sp³-hybridized carbons (Fsp3) is 0.385. The number of thiophene rings is 2. The Morgan fingerprint density at radius 3 is 2.79 bits per heavy atom. The van der Waals surface area contributed by atoms with Gasteiger partial charge in [0.15, 0.2) is 0 Å².